The summed E-state index contributed by atoms with van der Waals surface area (Å²) in [6.45, 7) is -0.244. The van der Waals surface area contributed by atoms with Crippen LogP contribution in [-0.2, 0) is 0 Å². The molecule has 1 aromatic rings. The van der Waals surface area contributed by atoms with E-state index in [0.717, 1.165) is 0 Å². The lowest BCUT2D eigenvalue weighted by molar-refractivity contribution is 0.266. The van der Waals surface area contributed by atoms with Crippen molar-refractivity contribution in [3.05, 3.63) is 23.5 Å². The third-order valence-electron chi connectivity index (χ3n) is 1.62. The number of nitriles is 1. The van der Waals surface area contributed by atoms with Gasteiger partial charge in [-0.1, -0.05) is 0 Å². The molecule has 0 saturated carbocycles. The van der Waals surface area contributed by atoms with Gasteiger partial charge in [-0.05, 0) is 12.1 Å². The highest BCUT2D eigenvalue weighted by molar-refractivity contribution is 5.46. The first-order chi connectivity index (χ1) is 6.19. The zero-order valence-electron chi connectivity index (χ0n) is 6.94. The van der Waals surface area contributed by atoms with Gasteiger partial charge < -0.3 is 16.6 Å². The number of anilines is 1. The smallest absolute Gasteiger partial charge is 0.141 e. The van der Waals surface area contributed by atoms with Gasteiger partial charge in [-0.2, -0.15) is 5.26 Å². The van der Waals surface area contributed by atoms with Crippen molar-refractivity contribution >= 4 is 5.69 Å². The Balaban J connectivity index is 3.12. The summed E-state index contributed by atoms with van der Waals surface area (Å²) in [5.74, 6) is 0. The molecule has 1 rings (SSSR count). The normalized spacial score (nSPS) is 12.1. The third kappa shape index (κ3) is 1.93. The topological polar surface area (TPSA) is 109 Å². The van der Waals surface area contributed by atoms with Gasteiger partial charge in [0.15, 0.2) is 0 Å². The SMILES string of the molecule is N#Cc1ccc(N)c(C(N)CO)n1. The Morgan fingerprint density at radius 3 is 2.85 bits per heavy atom. The van der Waals surface area contributed by atoms with Crippen molar-refractivity contribution < 1.29 is 5.11 Å². The predicted octanol–water partition coefficient (Wildman–Crippen LogP) is -0.472. The lowest BCUT2D eigenvalue weighted by atomic mass is 10.1. The van der Waals surface area contributed by atoms with E-state index in [4.69, 9.17) is 21.8 Å². The lowest BCUT2D eigenvalue weighted by Gasteiger charge is -2.09. The minimum atomic E-state index is -0.631. The number of hydrogen-bond donors (Lipinski definition) is 3. The summed E-state index contributed by atoms with van der Waals surface area (Å²) in [6, 6.07) is 4.29. The maximum atomic E-state index is 8.77. The van der Waals surface area contributed by atoms with Crippen LogP contribution in [0.4, 0.5) is 5.69 Å². The molecule has 1 atom stereocenters. The molecule has 0 spiro atoms. The zero-order chi connectivity index (χ0) is 9.84. The molecule has 68 valence electrons. The molecule has 0 aromatic carbocycles. The maximum Gasteiger partial charge on any atom is 0.141 e. The van der Waals surface area contributed by atoms with Gasteiger partial charge in [0.05, 0.1) is 24.0 Å². The van der Waals surface area contributed by atoms with Crippen LogP contribution in [0, 0.1) is 11.3 Å². The van der Waals surface area contributed by atoms with E-state index in [0.29, 0.717) is 11.4 Å². The molecule has 5 N–H and O–H groups in total. The Hall–Kier alpha value is -1.64. The summed E-state index contributed by atoms with van der Waals surface area (Å²) in [4.78, 5) is 3.89. The first kappa shape index (κ1) is 9.45. The first-order valence-electron chi connectivity index (χ1n) is 3.72. The van der Waals surface area contributed by atoms with Crippen LogP contribution >= 0.6 is 0 Å². The van der Waals surface area contributed by atoms with Crippen molar-refractivity contribution in [3.8, 4) is 6.07 Å². The van der Waals surface area contributed by atoms with Crippen LogP contribution in [-0.4, -0.2) is 16.7 Å². The van der Waals surface area contributed by atoms with Gasteiger partial charge in [0.1, 0.15) is 11.8 Å². The van der Waals surface area contributed by atoms with Crippen LogP contribution in [0.3, 0.4) is 0 Å². The molecular weight excluding hydrogens is 168 g/mol. The molecule has 0 aliphatic heterocycles. The summed E-state index contributed by atoms with van der Waals surface area (Å²) in [6.07, 6.45) is 0. The van der Waals surface area contributed by atoms with Crippen molar-refractivity contribution in [1.29, 1.82) is 5.26 Å². The van der Waals surface area contributed by atoms with Crippen LogP contribution in [0.1, 0.15) is 17.4 Å². The second-order valence-electron chi connectivity index (χ2n) is 2.57. The molecule has 0 saturated heterocycles. The Labute approximate surface area is 75.6 Å². The van der Waals surface area contributed by atoms with Crippen molar-refractivity contribution in [1.82, 2.24) is 4.98 Å². The number of aliphatic hydroxyl groups is 1. The number of aliphatic hydroxyl groups excluding tert-OH is 1. The van der Waals surface area contributed by atoms with E-state index >= 15 is 0 Å². The van der Waals surface area contributed by atoms with Gasteiger partial charge in [-0.25, -0.2) is 4.98 Å². The summed E-state index contributed by atoms with van der Waals surface area (Å²) >= 11 is 0. The fraction of sp³-hybridized carbons (Fsp3) is 0.250. The molecule has 1 aromatic heterocycles. The van der Waals surface area contributed by atoms with Crippen molar-refractivity contribution in [3.63, 3.8) is 0 Å². The van der Waals surface area contributed by atoms with Gasteiger partial charge >= 0.3 is 0 Å². The number of pyridine rings is 1. The zero-order valence-corrected chi connectivity index (χ0v) is 6.94. The van der Waals surface area contributed by atoms with Gasteiger partial charge in [0.25, 0.3) is 0 Å². The molecule has 1 heterocycles. The summed E-state index contributed by atoms with van der Waals surface area (Å²) in [5.41, 5.74) is 12.1. The Morgan fingerprint density at radius 1 is 1.62 bits per heavy atom. The van der Waals surface area contributed by atoms with Crippen LogP contribution in [0.15, 0.2) is 12.1 Å². The lowest BCUT2D eigenvalue weighted by Crippen LogP contribution is -2.18. The third-order valence-corrected chi connectivity index (χ3v) is 1.62. The monoisotopic (exact) mass is 178 g/mol. The molecule has 1 unspecified atom stereocenters. The highest BCUT2D eigenvalue weighted by Gasteiger charge is 2.10. The summed E-state index contributed by atoms with van der Waals surface area (Å²) in [5, 5.41) is 17.3. The predicted molar refractivity (Wildman–Crippen MR) is 47.4 cm³/mol. The number of aromatic nitrogens is 1. The van der Waals surface area contributed by atoms with Crippen LogP contribution in [0.2, 0.25) is 0 Å². The van der Waals surface area contributed by atoms with E-state index in [-0.39, 0.29) is 12.3 Å². The molecule has 13 heavy (non-hydrogen) atoms. The molecule has 0 aliphatic carbocycles. The average molecular weight is 178 g/mol. The molecular formula is C8H10N4O. The number of nitrogens with zero attached hydrogens (tertiary/aromatic N) is 2. The highest BCUT2D eigenvalue weighted by atomic mass is 16.3. The molecule has 5 nitrogen and oxygen atoms in total. The first-order valence-corrected chi connectivity index (χ1v) is 3.72. The molecule has 5 heteroatoms. The van der Waals surface area contributed by atoms with E-state index in [2.05, 4.69) is 4.98 Å². The van der Waals surface area contributed by atoms with Crippen LogP contribution < -0.4 is 11.5 Å². The van der Waals surface area contributed by atoms with E-state index in [1.165, 1.54) is 6.07 Å². The maximum absolute atomic E-state index is 8.77. The largest absolute Gasteiger partial charge is 0.397 e. The van der Waals surface area contributed by atoms with Crippen LogP contribution in [0.25, 0.3) is 0 Å². The number of hydrogen-bond acceptors (Lipinski definition) is 5. The second-order valence-corrected chi connectivity index (χ2v) is 2.57. The van der Waals surface area contributed by atoms with Gasteiger partial charge in [0.2, 0.25) is 0 Å². The second kappa shape index (κ2) is 3.85. The van der Waals surface area contributed by atoms with Crippen molar-refractivity contribution in [2.75, 3.05) is 12.3 Å². The highest BCUT2D eigenvalue weighted by Crippen LogP contribution is 2.15. The minimum absolute atomic E-state index is 0.244. The molecule has 0 radical (unpaired) electrons. The van der Waals surface area contributed by atoms with E-state index < -0.39 is 6.04 Å². The number of nitrogen functional groups attached to an aromatic ring is 1. The number of rotatable bonds is 2. The molecule has 0 fully saturated rings. The standard InChI is InChI=1S/C8H10N4O/c9-3-5-1-2-6(10)8(12-5)7(11)4-13/h1-2,7,13H,4,10-11H2. The minimum Gasteiger partial charge on any atom is -0.397 e. The average Bonchev–Trinajstić information content (AvgIpc) is 2.17. The Morgan fingerprint density at radius 2 is 2.31 bits per heavy atom. The van der Waals surface area contributed by atoms with E-state index in [1.54, 1.807) is 6.07 Å². The van der Waals surface area contributed by atoms with Gasteiger partial charge in [-0.15, -0.1) is 0 Å². The van der Waals surface area contributed by atoms with Crippen molar-refractivity contribution in [2.24, 2.45) is 5.73 Å². The quantitative estimate of drug-likeness (QED) is 0.567. The molecule has 0 bridgehead atoms. The van der Waals surface area contributed by atoms with Gasteiger partial charge in [-0.3, -0.25) is 0 Å². The van der Waals surface area contributed by atoms with Crippen molar-refractivity contribution in [2.45, 2.75) is 6.04 Å². The Kier molecular flexibility index (Phi) is 2.80. The van der Waals surface area contributed by atoms with Gasteiger partial charge in [0, 0.05) is 0 Å². The Bertz CT molecular complexity index is 344. The van der Waals surface area contributed by atoms with E-state index in [9.17, 15) is 0 Å². The fourth-order valence-electron chi connectivity index (χ4n) is 0.931. The molecule has 0 amide bonds. The summed E-state index contributed by atoms with van der Waals surface area (Å²) in [7, 11) is 0. The molecule has 0 aliphatic rings. The number of nitrogens with two attached hydrogens (primary N) is 2. The summed E-state index contributed by atoms with van der Waals surface area (Å²) < 4.78 is 0. The van der Waals surface area contributed by atoms with Crippen LogP contribution in [0.5, 0.6) is 0 Å². The fourth-order valence-corrected chi connectivity index (χ4v) is 0.931. The van der Waals surface area contributed by atoms with E-state index in [1.807, 2.05) is 6.07 Å².